The van der Waals surface area contributed by atoms with Crippen molar-refractivity contribution >= 4 is 0 Å². The van der Waals surface area contributed by atoms with Crippen LogP contribution in [-0.4, -0.2) is 0 Å². The van der Waals surface area contributed by atoms with E-state index in [9.17, 15) is 0 Å². The lowest BCUT2D eigenvalue weighted by atomic mass is 10.0. The molecule has 0 aliphatic heterocycles. The second-order valence-corrected chi connectivity index (χ2v) is 2.15. The Morgan fingerprint density at radius 1 is 1.78 bits per heavy atom. The van der Waals surface area contributed by atoms with E-state index in [0.717, 1.165) is 0 Å². The van der Waals surface area contributed by atoms with E-state index in [1.807, 2.05) is 18.2 Å². The maximum Gasteiger partial charge on any atom is 0.00603 e. The Morgan fingerprint density at radius 2 is 2.56 bits per heavy atom. The van der Waals surface area contributed by atoms with Crippen LogP contribution in [0.25, 0.3) is 0 Å². The Kier molecular flexibility index (Phi) is 1.72. The van der Waals surface area contributed by atoms with Gasteiger partial charge in [0.05, 0.1) is 0 Å². The molecule has 9 heavy (non-hydrogen) atoms. The molecule has 0 bridgehead atoms. The Hall–Kier alpha value is -1.00. The van der Waals surface area contributed by atoms with Crippen molar-refractivity contribution in [2.24, 2.45) is 5.92 Å². The summed E-state index contributed by atoms with van der Waals surface area (Å²) in [5.41, 5.74) is 4.34. The highest BCUT2D eigenvalue weighted by Crippen LogP contribution is 2.13. The summed E-state index contributed by atoms with van der Waals surface area (Å²) in [5, 5.41) is 0. The maximum atomic E-state index is 3.70. The maximum absolute atomic E-state index is 3.70. The van der Waals surface area contributed by atoms with Crippen molar-refractivity contribution in [1.29, 1.82) is 0 Å². The summed E-state index contributed by atoms with van der Waals surface area (Å²) in [6.45, 7) is 5.81. The molecular weight excluding hydrogens is 108 g/mol. The van der Waals surface area contributed by atoms with Crippen molar-refractivity contribution in [3.63, 3.8) is 0 Å². The molecule has 0 heteroatoms. The molecule has 1 aliphatic carbocycles. The SMILES string of the molecule is C=C[C@H](C)C1=C=CC=C1. The molecule has 0 unspecified atom stereocenters. The highest BCUT2D eigenvalue weighted by Gasteiger charge is 2.00. The molecule has 0 aromatic carbocycles. The van der Waals surface area contributed by atoms with Gasteiger partial charge in [-0.05, 0) is 6.08 Å². The number of allylic oxidation sites excluding steroid dienone is 4. The van der Waals surface area contributed by atoms with Gasteiger partial charge in [0.15, 0.2) is 0 Å². The molecule has 1 rings (SSSR count). The molecule has 1 atom stereocenters. The first-order valence-corrected chi connectivity index (χ1v) is 3.10. The number of rotatable bonds is 2. The molecule has 46 valence electrons. The highest BCUT2D eigenvalue weighted by molar-refractivity contribution is 5.32. The molecule has 0 aromatic heterocycles. The van der Waals surface area contributed by atoms with Crippen molar-refractivity contribution < 1.29 is 0 Å². The molecule has 0 fully saturated rings. The van der Waals surface area contributed by atoms with E-state index in [4.69, 9.17) is 0 Å². The van der Waals surface area contributed by atoms with Crippen LogP contribution in [0.1, 0.15) is 6.92 Å². The largest absolute Gasteiger partial charge is 0.117 e. The normalized spacial score (nSPS) is 17.7. The summed E-state index contributed by atoms with van der Waals surface area (Å²) < 4.78 is 0. The molecular formula is C9H10. The van der Waals surface area contributed by atoms with Gasteiger partial charge in [0.1, 0.15) is 0 Å². The lowest BCUT2D eigenvalue weighted by Gasteiger charge is -1.99. The summed E-state index contributed by atoms with van der Waals surface area (Å²) >= 11 is 0. The van der Waals surface area contributed by atoms with Gasteiger partial charge in [-0.2, -0.15) is 0 Å². The zero-order valence-electron chi connectivity index (χ0n) is 5.59. The molecule has 0 spiro atoms. The molecule has 0 amide bonds. The zero-order chi connectivity index (χ0) is 6.69. The third kappa shape index (κ3) is 1.22. The van der Waals surface area contributed by atoms with Gasteiger partial charge in [0, 0.05) is 11.5 Å². The number of hydrogen-bond acceptors (Lipinski definition) is 0. The van der Waals surface area contributed by atoms with Crippen LogP contribution in [0.5, 0.6) is 0 Å². The van der Waals surface area contributed by atoms with Crippen molar-refractivity contribution in [2.45, 2.75) is 6.92 Å². The van der Waals surface area contributed by atoms with Crippen LogP contribution in [0.2, 0.25) is 0 Å². The Bertz CT molecular complexity index is 200. The zero-order valence-corrected chi connectivity index (χ0v) is 5.59. The second-order valence-electron chi connectivity index (χ2n) is 2.15. The fraction of sp³-hybridized carbons (Fsp3) is 0.222. The predicted octanol–water partition coefficient (Wildman–Crippen LogP) is 2.46. The van der Waals surface area contributed by atoms with Crippen molar-refractivity contribution in [3.8, 4) is 0 Å². The van der Waals surface area contributed by atoms with Crippen molar-refractivity contribution in [3.05, 3.63) is 42.2 Å². The van der Waals surface area contributed by atoms with Gasteiger partial charge in [0.2, 0.25) is 0 Å². The smallest absolute Gasteiger partial charge is 0.00603 e. The Labute approximate surface area is 55.9 Å². The van der Waals surface area contributed by atoms with E-state index >= 15 is 0 Å². The third-order valence-electron chi connectivity index (χ3n) is 1.47. The summed E-state index contributed by atoms with van der Waals surface area (Å²) in [6, 6.07) is 0. The minimum atomic E-state index is 0.444. The first kappa shape index (κ1) is 6.12. The van der Waals surface area contributed by atoms with E-state index in [2.05, 4.69) is 25.3 Å². The summed E-state index contributed by atoms with van der Waals surface area (Å²) in [5.74, 6) is 0.444. The lowest BCUT2D eigenvalue weighted by Crippen LogP contribution is -1.87. The molecule has 0 saturated carbocycles. The summed E-state index contributed by atoms with van der Waals surface area (Å²) in [6.07, 6.45) is 7.91. The van der Waals surface area contributed by atoms with Crippen LogP contribution in [0, 0.1) is 5.92 Å². The molecule has 0 N–H and O–H groups in total. The Morgan fingerprint density at radius 3 is 3.00 bits per heavy atom. The molecule has 0 saturated heterocycles. The van der Waals surface area contributed by atoms with Gasteiger partial charge in [-0.1, -0.05) is 25.2 Å². The van der Waals surface area contributed by atoms with E-state index in [1.165, 1.54) is 5.57 Å². The minimum absolute atomic E-state index is 0.444. The van der Waals surface area contributed by atoms with Crippen LogP contribution in [0.3, 0.4) is 0 Å². The average Bonchev–Trinajstić information content (AvgIpc) is 2.37. The summed E-state index contributed by atoms with van der Waals surface area (Å²) in [7, 11) is 0. The van der Waals surface area contributed by atoms with Gasteiger partial charge in [0.25, 0.3) is 0 Å². The van der Waals surface area contributed by atoms with E-state index in [-0.39, 0.29) is 0 Å². The monoisotopic (exact) mass is 118 g/mol. The predicted molar refractivity (Wildman–Crippen MR) is 40.1 cm³/mol. The first-order valence-electron chi connectivity index (χ1n) is 3.10. The number of hydrogen-bond donors (Lipinski definition) is 0. The van der Waals surface area contributed by atoms with E-state index in [1.54, 1.807) is 0 Å². The fourth-order valence-corrected chi connectivity index (χ4v) is 0.754. The molecule has 1 aliphatic rings. The van der Waals surface area contributed by atoms with Gasteiger partial charge in [-0.25, -0.2) is 0 Å². The molecule has 0 aromatic rings. The van der Waals surface area contributed by atoms with Crippen LogP contribution in [0.15, 0.2) is 42.2 Å². The van der Waals surface area contributed by atoms with E-state index < -0.39 is 0 Å². The van der Waals surface area contributed by atoms with Gasteiger partial charge >= 0.3 is 0 Å². The van der Waals surface area contributed by atoms with Gasteiger partial charge in [-0.3, -0.25) is 0 Å². The fourth-order valence-electron chi connectivity index (χ4n) is 0.754. The van der Waals surface area contributed by atoms with Crippen LogP contribution in [0.4, 0.5) is 0 Å². The molecule has 0 radical (unpaired) electrons. The third-order valence-corrected chi connectivity index (χ3v) is 1.47. The summed E-state index contributed by atoms with van der Waals surface area (Å²) in [4.78, 5) is 0. The minimum Gasteiger partial charge on any atom is -0.117 e. The van der Waals surface area contributed by atoms with Crippen LogP contribution in [-0.2, 0) is 0 Å². The standard InChI is InChI=1S/C9H10/c1-3-8(2)9-6-4-5-7-9/h3-6,8H,1H2,2H3/t8-/m0/s1. The first-order chi connectivity index (χ1) is 4.34. The van der Waals surface area contributed by atoms with Crippen LogP contribution < -0.4 is 0 Å². The Balaban J connectivity index is 2.74. The van der Waals surface area contributed by atoms with Crippen LogP contribution >= 0.6 is 0 Å². The topological polar surface area (TPSA) is 0 Å². The molecule has 0 nitrogen and oxygen atoms in total. The average molecular weight is 118 g/mol. The van der Waals surface area contributed by atoms with Gasteiger partial charge < -0.3 is 0 Å². The molecule has 0 heterocycles. The lowest BCUT2D eigenvalue weighted by molar-refractivity contribution is 0.900. The quantitative estimate of drug-likeness (QED) is 0.386. The highest BCUT2D eigenvalue weighted by atomic mass is 14.0. The van der Waals surface area contributed by atoms with Crippen molar-refractivity contribution in [2.75, 3.05) is 0 Å². The van der Waals surface area contributed by atoms with E-state index in [0.29, 0.717) is 5.92 Å². The second kappa shape index (κ2) is 2.52. The van der Waals surface area contributed by atoms with Gasteiger partial charge in [-0.15, -0.1) is 12.3 Å². The van der Waals surface area contributed by atoms with Crippen molar-refractivity contribution in [1.82, 2.24) is 0 Å².